The molecule has 4 aliphatic carbocycles. The molecule has 7 nitrogen and oxygen atoms in total. The number of aromatic amines is 1. The van der Waals surface area contributed by atoms with Crippen LogP contribution in [0.4, 0.5) is 0 Å². The van der Waals surface area contributed by atoms with E-state index in [1.165, 1.54) is 11.6 Å². The molecule has 4 saturated carbocycles. The first kappa shape index (κ1) is 12.5. The summed E-state index contributed by atoms with van der Waals surface area (Å²) < 4.78 is 2.56. The number of hydrogen-bond donors (Lipinski definition) is 2. The van der Waals surface area contributed by atoms with E-state index in [0.29, 0.717) is 40.8 Å². The van der Waals surface area contributed by atoms with Gasteiger partial charge in [-0.3, -0.25) is 13.9 Å². The highest BCUT2D eigenvalue weighted by Crippen LogP contribution is 2.84. The van der Waals surface area contributed by atoms with Gasteiger partial charge >= 0.3 is 5.69 Å². The van der Waals surface area contributed by atoms with Gasteiger partial charge in [-0.05, 0) is 42.4 Å². The summed E-state index contributed by atoms with van der Waals surface area (Å²) in [6, 6.07) is 0. The highest BCUT2D eigenvalue weighted by molar-refractivity contribution is 5.70. The number of aliphatic hydroxyl groups is 1. The molecule has 23 heavy (non-hydrogen) atoms. The average Bonchev–Trinajstić information content (AvgIpc) is 2.80. The molecule has 4 atom stereocenters. The lowest BCUT2D eigenvalue weighted by molar-refractivity contribution is 0.0496. The van der Waals surface area contributed by atoms with E-state index < -0.39 is 0 Å². The van der Waals surface area contributed by atoms with Crippen LogP contribution in [0, 0.1) is 29.6 Å². The topological polar surface area (TPSA) is 92.9 Å². The molecule has 0 amide bonds. The molecule has 0 saturated heterocycles. The third kappa shape index (κ3) is 1.08. The number of aliphatic hydroxyl groups excluding tert-OH is 1. The molecule has 0 spiro atoms. The predicted molar refractivity (Wildman–Crippen MR) is 80.9 cm³/mol. The van der Waals surface area contributed by atoms with Crippen LogP contribution in [0.2, 0.25) is 0 Å². The Morgan fingerprint density at radius 1 is 1.17 bits per heavy atom. The Morgan fingerprint density at radius 3 is 2.43 bits per heavy atom. The van der Waals surface area contributed by atoms with Crippen LogP contribution in [-0.2, 0) is 19.5 Å². The SMILES string of the molecule is Cn1c(=O)c2[nH]c(C34CC5C(O)C(C3)C3C5C34)nc2n(C)c1=O. The predicted octanol–water partition coefficient (Wildman–Crippen LogP) is -0.525. The Balaban J connectivity index is 1.60. The fourth-order valence-electron chi connectivity index (χ4n) is 6.60. The smallest absolute Gasteiger partial charge is 0.332 e. The van der Waals surface area contributed by atoms with E-state index in [1.54, 1.807) is 7.05 Å². The van der Waals surface area contributed by atoms with Crippen molar-refractivity contribution < 1.29 is 5.11 Å². The van der Waals surface area contributed by atoms with Gasteiger partial charge in [0, 0.05) is 19.5 Å². The molecule has 0 radical (unpaired) electrons. The minimum absolute atomic E-state index is 0.00994. The maximum Gasteiger partial charge on any atom is 0.332 e. The van der Waals surface area contributed by atoms with Gasteiger partial charge in [-0.2, -0.15) is 0 Å². The highest BCUT2D eigenvalue weighted by Gasteiger charge is 2.83. The van der Waals surface area contributed by atoms with Crippen LogP contribution in [0.15, 0.2) is 9.59 Å². The highest BCUT2D eigenvalue weighted by atomic mass is 16.3. The van der Waals surface area contributed by atoms with Crippen LogP contribution in [-0.4, -0.2) is 30.3 Å². The summed E-state index contributed by atoms with van der Waals surface area (Å²) in [5, 5.41) is 10.4. The molecular formula is C16H18N4O3. The molecule has 4 aliphatic rings. The summed E-state index contributed by atoms with van der Waals surface area (Å²) in [5.41, 5.74) is 0.189. The molecule has 4 fully saturated rings. The molecule has 2 heterocycles. The second-order valence-electron chi connectivity index (χ2n) is 8.05. The second-order valence-corrected chi connectivity index (χ2v) is 8.05. The van der Waals surface area contributed by atoms with E-state index in [-0.39, 0.29) is 22.8 Å². The number of nitrogens with zero attached hydrogens (tertiary/aromatic N) is 3. The number of fused-ring (bicyclic) bond motifs is 1. The molecule has 120 valence electrons. The normalized spacial score (nSPS) is 45.3. The van der Waals surface area contributed by atoms with Gasteiger partial charge in [-0.25, -0.2) is 9.78 Å². The summed E-state index contributed by atoms with van der Waals surface area (Å²) >= 11 is 0. The maximum atomic E-state index is 12.4. The van der Waals surface area contributed by atoms with Gasteiger partial charge in [0.05, 0.1) is 6.10 Å². The minimum atomic E-state index is -0.351. The van der Waals surface area contributed by atoms with Crippen LogP contribution in [0.5, 0.6) is 0 Å². The molecule has 4 unspecified atom stereocenters. The molecule has 2 N–H and O–H groups in total. The summed E-state index contributed by atoms with van der Waals surface area (Å²) in [4.78, 5) is 32.4. The Morgan fingerprint density at radius 2 is 1.83 bits per heavy atom. The van der Waals surface area contributed by atoms with Crippen LogP contribution < -0.4 is 11.2 Å². The van der Waals surface area contributed by atoms with Gasteiger partial charge in [-0.15, -0.1) is 0 Å². The minimum Gasteiger partial charge on any atom is -0.393 e. The average molecular weight is 314 g/mol. The zero-order valence-corrected chi connectivity index (χ0v) is 13.0. The number of aromatic nitrogens is 4. The summed E-state index contributed by atoms with van der Waals surface area (Å²) in [6.45, 7) is 0. The quantitative estimate of drug-likeness (QED) is 0.740. The van der Waals surface area contributed by atoms with Gasteiger partial charge in [0.2, 0.25) is 0 Å². The van der Waals surface area contributed by atoms with E-state index in [2.05, 4.69) is 4.98 Å². The number of nitrogens with one attached hydrogen (secondary N) is 1. The van der Waals surface area contributed by atoms with E-state index in [1.807, 2.05) is 0 Å². The lowest BCUT2D eigenvalue weighted by atomic mass is 9.74. The van der Waals surface area contributed by atoms with E-state index in [4.69, 9.17) is 4.98 Å². The fourth-order valence-corrected chi connectivity index (χ4v) is 6.60. The van der Waals surface area contributed by atoms with Gasteiger partial charge in [-0.1, -0.05) is 0 Å². The van der Waals surface area contributed by atoms with Crippen molar-refractivity contribution in [3.05, 3.63) is 26.7 Å². The number of H-pyrrole nitrogens is 1. The van der Waals surface area contributed by atoms with Crippen LogP contribution in [0.25, 0.3) is 11.2 Å². The maximum absolute atomic E-state index is 12.4. The Kier molecular flexibility index (Phi) is 1.80. The first-order chi connectivity index (χ1) is 11.0. The molecule has 6 rings (SSSR count). The molecule has 7 heteroatoms. The lowest BCUT2D eigenvalue weighted by Crippen LogP contribution is -2.36. The monoisotopic (exact) mass is 314 g/mol. The Bertz CT molecular complexity index is 995. The van der Waals surface area contributed by atoms with Crippen molar-refractivity contribution in [3.63, 3.8) is 0 Å². The van der Waals surface area contributed by atoms with Crippen molar-refractivity contribution in [1.82, 2.24) is 19.1 Å². The summed E-state index contributed by atoms with van der Waals surface area (Å²) in [5.74, 6) is 3.60. The molecule has 0 bridgehead atoms. The van der Waals surface area contributed by atoms with Crippen molar-refractivity contribution in [2.24, 2.45) is 43.7 Å². The molecule has 0 aliphatic heterocycles. The van der Waals surface area contributed by atoms with Crippen molar-refractivity contribution >= 4 is 11.2 Å². The second kappa shape index (κ2) is 3.31. The van der Waals surface area contributed by atoms with E-state index in [0.717, 1.165) is 23.2 Å². The van der Waals surface area contributed by atoms with Crippen molar-refractivity contribution in [2.45, 2.75) is 24.4 Å². The third-order valence-electron chi connectivity index (χ3n) is 7.40. The largest absolute Gasteiger partial charge is 0.393 e. The van der Waals surface area contributed by atoms with Crippen LogP contribution >= 0.6 is 0 Å². The zero-order valence-electron chi connectivity index (χ0n) is 13.0. The van der Waals surface area contributed by atoms with Crippen molar-refractivity contribution in [2.75, 3.05) is 0 Å². The van der Waals surface area contributed by atoms with Gasteiger partial charge in [0.25, 0.3) is 5.56 Å². The van der Waals surface area contributed by atoms with Crippen molar-refractivity contribution in [1.29, 1.82) is 0 Å². The Labute approximate surface area is 131 Å². The molecular weight excluding hydrogens is 296 g/mol. The first-order valence-electron chi connectivity index (χ1n) is 8.30. The molecule has 2 aromatic heterocycles. The van der Waals surface area contributed by atoms with Crippen LogP contribution in [0.1, 0.15) is 18.7 Å². The Hall–Kier alpha value is -1.89. The number of imidazole rings is 1. The lowest BCUT2D eigenvalue weighted by Gasteiger charge is -2.33. The molecule has 2 aromatic rings. The fraction of sp³-hybridized carbons (Fsp3) is 0.688. The van der Waals surface area contributed by atoms with Crippen molar-refractivity contribution in [3.8, 4) is 0 Å². The number of aryl methyl sites for hydroxylation is 1. The number of rotatable bonds is 1. The number of hydrogen-bond acceptors (Lipinski definition) is 4. The first-order valence-corrected chi connectivity index (χ1v) is 8.30. The van der Waals surface area contributed by atoms with Gasteiger partial charge in [0.15, 0.2) is 5.65 Å². The van der Waals surface area contributed by atoms with E-state index in [9.17, 15) is 14.7 Å². The molecule has 0 aromatic carbocycles. The third-order valence-corrected chi connectivity index (χ3v) is 7.40. The standard InChI is InChI=1S/C16H18N4O3/c1-19-12-10(13(22)20(2)15(19)23)17-14(18-12)16-3-5-7-8(9(7)16)6(4-16)11(5)21/h5-9,11,21H,3-4H2,1-2H3,(H,17,18). The summed E-state index contributed by atoms with van der Waals surface area (Å²) in [6.07, 6.45) is 1.79. The zero-order chi connectivity index (χ0) is 15.8. The van der Waals surface area contributed by atoms with Gasteiger partial charge < -0.3 is 10.1 Å². The van der Waals surface area contributed by atoms with Gasteiger partial charge in [0.1, 0.15) is 11.3 Å². The summed E-state index contributed by atoms with van der Waals surface area (Å²) in [7, 11) is 3.15. The van der Waals surface area contributed by atoms with E-state index >= 15 is 0 Å². The van der Waals surface area contributed by atoms with Crippen LogP contribution in [0.3, 0.4) is 0 Å².